The van der Waals surface area contributed by atoms with E-state index in [4.69, 9.17) is 0 Å². The Labute approximate surface area is 138 Å². The Morgan fingerprint density at radius 3 is 2.35 bits per heavy atom. The Balaban J connectivity index is 1.98. The fourth-order valence-corrected chi connectivity index (χ4v) is 3.99. The summed E-state index contributed by atoms with van der Waals surface area (Å²) in [5, 5.41) is 2.72. The van der Waals surface area contributed by atoms with Crippen LogP contribution in [0.5, 0.6) is 0 Å². The third-order valence-electron chi connectivity index (χ3n) is 4.44. The zero-order valence-electron chi connectivity index (χ0n) is 13.8. The first kappa shape index (κ1) is 17.9. The van der Waals surface area contributed by atoms with E-state index >= 15 is 0 Å². The Bertz CT molecular complexity index is 620. The van der Waals surface area contributed by atoms with E-state index in [-0.39, 0.29) is 6.04 Å². The minimum absolute atomic E-state index is 0.0463. The molecule has 5 nitrogen and oxygen atoms in total. The van der Waals surface area contributed by atoms with Crippen molar-refractivity contribution in [3.63, 3.8) is 0 Å². The van der Waals surface area contributed by atoms with Crippen LogP contribution >= 0.6 is 0 Å². The second-order valence-corrected chi connectivity index (χ2v) is 8.90. The van der Waals surface area contributed by atoms with E-state index < -0.39 is 20.7 Å². The average molecular weight is 338 g/mol. The molecule has 23 heavy (non-hydrogen) atoms. The highest BCUT2D eigenvalue weighted by atomic mass is 32.2. The van der Waals surface area contributed by atoms with Crippen LogP contribution in [0, 0.1) is 0 Å². The largest absolute Gasteiger partial charge is 0.351 e. The second kappa shape index (κ2) is 7.45. The number of amides is 1. The summed E-state index contributed by atoms with van der Waals surface area (Å²) in [5.41, 5.74) is 0.939. The van der Waals surface area contributed by atoms with E-state index in [9.17, 15) is 13.2 Å². The van der Waals surface area contributed by atoms with E-state index in [2.05, 4.69) is 10.0 Å². The highest BCUT2D eigenvalue weighted by Gasteiger charge is 2.42. The quantitative estimate of drug-likeness (QED) is 0.836. The van der Waals surface area contributed by atoms with Crippen LogP contribution in [0.4, 0.5) is 0 Å². The number of benzene rings is 1. The van der Waals surface area contributed by atoms with Gasteiger partial charge in [0.2, 0.25) is 15.9 Å². The molecule has 1 aromatic carbocycles. The molecule has 0 radical (unpaired) electrons. The Kier molecular flexibility index (Phi) is 5.81. The zero-order chi connectivity index (χ0) is 16.9. The number of hydrogen-bond donors (Lipinski definition) is 2. The summed E-state index contributed by atoms with van der Waals surface area (Å²) < 4.78 is 26.4. The third kappa shape index (κ3) is 4.54. The van der Waals surface area contributed by atoms with Crippen LogP contribution in [0.1, 0.15) is 51.5 Å². The standard InChI is InChI=1S/C17H26N2O3S/c1-17(2,16(20)18-13-14-9-5-3-6-10-14)23(21,22)19-15-11-7-4-8-12-15/h3,5-6,9-10,15,19H,4,7-8,11-13H2,1-2H3,(H,18,20). The van der Waals surface area contributed by atoms with Gasteiger partial charge in [0.15, 0.2) is 4.75 Å². The highest BCUT2D eigenvalue weighted by molar-refractivity contribution is 7.91. The lowest BCUT2D eigenvalue weighted by atomic mass is 9.96. The van der Waals surface area contributed by atoms with Crippen molar-refractivity contribution in [1.29, 1.82) is 0 Å². The van der Waals surface area contributed by atoms with Crippen LogP contribution in [0.25, 0.3) is 0 Å². The molecule has 2 rings (SSSR count). The predicted molar refractivity (Wildman–Crippen MR) is 91.3 cm³/mol. The van der Waals surface area contributed by atoms with Gasteiger partial charge in [0, 0.05) is 12.6 Å². The van der Waals surface area contributed by atoms with Crippen molar-refractivity contribution in [2.45, 2.75) is 63.3 Å². The van der Waals surface area contributed by atoms with Gasteiger partial charge in [-0.05, 0) is 32.3 Å². The van der Waals surface area contributed by atoms with Crippen LogP contribution in [0.2, 0.25) is 0 Å². The van der Waals surface area contributed by atoms with Crippen molar-refractivity contribution < 1.29 is 13.2 Å². The Morgan fingerprint density at radius 2 is 1.74 bits per heavy atom. The Hall–Kier alpha value is -1.40. The van der Waals surface area contributed by atoms with E-state index in [0.29, 0.717) is 6.54 Å². The molecule has 1 fully saturated rings. The molecule has 0 aromatic heterocycles. The number of carbonyl (C=O) groups excluding carboxylic acids is 1. The van der Waals surface area contributed by atoms with Gasteiger partial charge >= 0.3 is 0 Å². The first-order valence-electron chi connectivity index (χ1n) is 8.17. The normalized spacial score (nSPS) is 17.0. The molecule has 1 aliphatic rings. The number of rotatable bonds is 6. The van der Waals surface area contributed by atoms with Crippen LogP contribution < -0.4 is 10.0 Å². The molecule has 2 N–H and O–H groups in total. The second-order valence-electron chi connectivity index (χ2n) is 6.63. The molecule has 0 heterocycles. The fourth-order valence-electron chi connectivity index (χ4n) is 2.70. The van der Waals surface area contributed by atoms with Crippen LogP contribution in [0.3, 0.4) is 0 Å². The van der Waals surface area contributed by atoms with Gasteiger partial charge in [-0.25, -0.2) is 13.1 Å². The molecule has 6 heteroatoms. The number of nitrogens with one attached hydrogen (secondary N) is 2. The summed E-state index contributed by atoms with van der Waals surface area (Å²) in [6, 6.07) is 9.40. The lowest BCUT2D eigenvalue weighted by Gasteiger charge is -2.29. The van der Waals surface area contributed by atoms with Gasteiger partial charge in [-0.1, -0.05) is 49.6 Å². The molecule has 128 valence electrons. The maximum Gasteiger partial charge on any atom is 0.242 e. The van der Waals surface area contributed by atoms with Gasteiger partial charge in [0.1, 0.15) is 0 Å². The van der Waals surface area contributed by atoms with Gasteiger partial charge in [-0.2, -0.15) is 0 Å². The van der Waals surface area contributed by atoms with Crippen molar-refractivity contribution in [2.75, 3.05) is 0 Å². The first-order chi connectivity index (χ1) is 10.8. The van der Waals surface area contributed by atoms with Crippen molar-refractivity contribution in [2.24, 2.45) is 0 Å². The van der Waals surface area contributed by atoms with Crippen LogP contribution in [-0.2, 0) is 21.4 Å². The first-order valence-corrected chi connectivity index (χ1v) is 9.65. The predicted octanol–water partition coefficient (Wildman–Crippen LogP) is 2.33. The van der Waals surface area contributed by atoms with Gasteiger partial charge in [0.25, 0.3) is 0 Å². The Morgan fingerprint density at radius 1 is 1.13 bits per heavy atom. The molecule has 0 atom stereocenters. The molecule has 1 aliphatic carbocycles. The van der Waals surface area contributed by atoms with Crippen molar-refractivity contribution in [3.8, 4) is 0 Å². The molecule has 0 aliphatic heterocycles. The highest BCUT2D eigenvalue weighted by Crippen LogP contribution is 2.22. The summed E-state index contributed by atoms with van der Waals surface area (Å²) in [6.45, 7) is 3.24. The minimum atomic E-state index is -3.73. The average Bonchev–Trinajstić information content (AvgIpc) is 2.54. The minimum Gasteiger partial charge on any atom is -0.351 e. The van der Waals surface area contributed by atoms with Crippen molar-refractivity contribution >= 4 is 15.9 Å². The molecular formula is C17H26N2O3S. The molecule has 0 unspecified atom stereocenters. The summed E-state index contributed by atoms with van der Waals surface area (Å²) in [5.74, 6) is -0.482. The lowest BCUT2D eigenvalue weighted by molar-refractivity contribution is -0.123. The topological polar surface area (TPSA) is 75.3 Å². The smallest absolute Gasteiger partial charge is 0.242 e. The number of carbonyl (C=O) groups is 1. The van der Waals surface area contributed by atoms with Gasteiger partial charge < -0.3 is 5.32 Å². The van der Waals surface area contributed by atoms with E-state index in [0.717, 1.165) is 37.7 Å². The molecular weight excluding hydrogens is 312 g/mol. The van der Waals surface area contributed by atoms with Gasteiger partial charge in [-0.3, -0.25) is 4.79 Å². The van der Waals surface area contributed by atoms with Crippen molar-refractivity contribution in [3.05, 3.63) is 35.9 Å². The van der Waals surface area contributed by atoms with E-state index in [1.54, 1.807) is 0 Å². The van der Waals surface area contributed by atoms with Crippen LogP contribution in [0.15, 0.2) is 30.3 Å². The molecule has 1 amide bonds. The maximum absolute atomic E-state index is 12.6. The van der Waals surface area contributed by atoms with Gasteiger partial charge in [-0.15, -0.1) is 0 Å². The number of hydrogen-bond acceptors (Lipinski definition) is 3. The lowest BCUT2D eigenvalue weighted by Crippen LogP contribution is -2.54. The maximum atomic E-state index is 12.6. The summed E-state index contributed by atoms with van der Waals surface area (Å²) in [7, 11) is -3.73. The summed E-state index contributed by atoms with van der Waals surface area (Å²) >= 11 is 0. The molecule has 0 spiro atoms. The van der Waals surface area contributed by atoms with Crippen LogP contribution in [-0.4, -0.2) is 25.1 Å². The fraction of sp³-hybridized carbons (Fsp3) is 0.588. The SMILES string of the molecule is CC(C)(C(=O)NCc1ccccc1)S(=O)(=O)NC1CCCCC1. The zero-order valence-corrected chi connectivity index (χ0v) is 14.7. The molecule has 1 aromatic rings. The molecule has 0 bridgehead atoms. The molecule has 0 saturated heterocycles. The van der Waals surface area contributed by atoms with E-state index in [1.807, 2.05) is 30.3 Å². The van der Waals surface area contributed by atoms with E-state index in [1.165, 1.54) is 13.8 Å². The molecule has 1 saturated carbocycles. The summed E-state index contributed by atoms with van der Waals surface area (Å²) in [6.07, 6.45) is 4.92. The van der Waals surface area contributed by atoms with Gasteiger partial charge in [0.05, 0.1) is 0 Å². The summed E-state index contributed by atoms with van der Waals surface area (Å²) in [4.78, 5) is 12.4. The monoisotopic (exact) mass is 338 g/mol. The number of sulfonamides is 1. The van der Waals surface area contributed by atoms with Crippen molar-refractivity contribution in [1.82, 2.24) is 10.0 Å². The third-order valence-corrected chi connectivity index (χ3v) is 6.61.